The molecule has 0 aliphatic rings. The summed E-state index contributed by atoms with van der Waals surface area (Å²) in [5.41, 5.74) is -2.57. The Morgan fingerprint density at radius 1 is 1.33 bits per heavy atom. The van der Waals surface area contributed by atoms with E-state index in [2.05, 4.69) is 9.97 Å². The first-order valence-corrected chi connectivity index (χ1v) is 5.93. The number of aromatic hydroxyl groups is 1. The molecular formula is C13H10F4N2O2. The average molecular weight is 302 g/mol. The summed E-state index contributed by atoms with van der Waals surface area (Å²) in [6.45, 7) is 1.59. The molecule has 0 saturated heterocycles. The summed E-state index contributed by atoms with van der Waals surface area (Å²) in [5.74, 6) is -2.18. The first kappa shape index (κ1) is 15.0. The molecule has 0 radical (unpaired) electrons. The van der Waals surface area contributed by atoms with Gasteiger partial charge in [-0.05, 0) is 24.6 Å². The van der Waals surface area contributed by atoms with E-state index in [1.165, 1.54) is 0 Å². The van der Waals surface area contributed by atoms with E-state index in [4.69, 9.17) is 0 Å². The van der Waals surface area contributed by atoms with Gasteiger partial charge >= 0.3 is 6.18 Å². The van der Waals surface area contributed by atoms with Crippen LogP contribution in [0.1, 0.15) is 18.1 Å². The van der Waals surface area contributed by atoms with Gasteiger partial charge in [0.05, 0.1) is 11.1 Å². The molecule has 0 saturated carbocycles. The van der Waals surface area contributed by atoms with Crippen LogP contribution < -0.4 is 5.56 Å². The molecule has 8 heteroatoms. The SMILES string of the molecule is CCc1c(O)nc(-c2ccc(F)cc2C(F)(F)F)[nH]c1=O. The second-order valence-electron chi connectivity index (χ2n) is 4.26. The van der Waals surface area contributed by atoms with Crippen LogP contribution >= 0.6 is 0 Å². The van der Waals surface area contributed by atoms with Gasteiger partial charge in [0.2, 0.25) is 5.88 Å². The number of aromatic nitrogens is 2. The molecule has 0 unspecified atom stereocenters. The monoisotopic (exact) mass is 302 g/mol. The van der Waals surface area contributed by atoms with E-state index in [1.54, 1.807) is 6.92 Å². The van der Waals surface area contributed by atoms with Crippen LogP contribution in [0.5, 0.6) is 5.88 Å². The zero-order valence-electron chi connectivity index (χ0n) is 10.8. The predicted molar refractivity (Wildman–Crippen MR) is 66.3 cm³/mol. The lowest BCUT2D eigenvalue weighted by Gasteiger charge is -2.13. The Kier molecular flexibility index (Phi) is 3.71. The van der Waals surface area contributed by atoms with E-state index in [0.29, 0.717) is 6.07 Å². The Hall–Kier alpha value is -2.38. The third kappa shape index (κ3) is 2.88. The molecule has 1 aromatic carbocycles. The van der Waals surface area contributed by atoms with Gasteiger partial charge in [-0.15, -0.1) is 0 Å². The molecule has 0 spiro atoms. The van der Waals surface area contributed by atoms with Gasteiger partial charge in [-0.3, -0.25) is 4.79 Å². The van der Waals surface area contributed by atoms with E-state index in [9.17, 15) is 27.5 Å². The number of benzene rings is 1. The van der Waals surface area contributed by atoms with E-state index in [1.807, 2.05) is 0 Å². The molecule has 2 aromatic rings. The van der Waals surface area contributed by atoms with Gasteiger partial charge in [0.1, 0.15) is 11.6 Å². The summed E-state index contributed by atoms with van der Waals surface area (Å²) in [4.78, 5) is 17.4. The maximum atomic E-state index is 13.0. The molecule has 2 N–H and O–H groups in total. The van der Waals surface area contributed by atoms with Crippen molar-refractivity contribution in [1.82, 2.24) is 9.97 Å². The van der Waals surface area contributed by atoms with Crippen molar-refractivity contribution in [3.05, 3.63) is 45.5 Å². The minimum atomic E-state index is -4.82. The number of aromatic amines is 1. The first-order valence-electron chi connectivity index (χ1n) is 5.93. The van der Waals surface area contributed by atoms with Crippen LogP contribution in [0.15, 0.2) is 23.0 Å². The fourth-order valence-electron chi connectivity index (χ4n) is 1.89. The molecule has 2 rings (SSSR count). The van der Waals surface area contributed by atoms with Gasteiger partial charge in [-0.1, -0.05) is 6.92 Å². The number of hydrogen-bond donors (Lipinski definition) is 2. The van der Waals surface area contributed by atoms with Gasteiger partial charge in [-0.2, -0.15) is 18.2 Å². The Labute approximate surface area is 116 Å². The fraction of sp³-hybridized carbons (Fsp3) is 0.231. The topological polar surface area (TPSA) is 66.0 Å². The van der Waals surface area contributed by atoms with Crippen molar-refractivity contribution in [3.8, 4) is 17.3 Å². The quantitative estimate of drug-likeness (QED) is 0.838. The van der Waals surface area contributed by atoms with Crippen molar-refractivity contribution >= 4 is 0 Å². The highest BCUT2D eigenvalue weighted by Gasteiger charge is 2.35. The van der Waals surface area contributed by atoms with Crippen molar-refractivity contribution in [2.24, 2.45) is 0 Å². The van der Waals surface area contributed by atoms with Crippen LogP contribution in [0.4, 0.5) is 17.6 Å². The van der Waals surface area contributed by atoms with E-state index >= 15 is 0 Å². The number of H-pyrrole nitrogens is 1. The first-order chi connectivity index (χ1) is 9.74. The Morgan fingerprint density at radius 3 is 2.52 bits per heavy atom. The number of rotatable bonds is 2. The van der Waals surface area contributed by atoms with Crippen molar-refractivity contribution in [2.75, 3.05) is 0 Å². The predicted octanol–water partition coefficient (Wildman–Crippen LogP) is 2.86. The molecule has 0 bridgehead atoms. The highest BCUT2D eigenvalue weighted by atomic mass is 19.4. The van der Waals surface area contributed by atoms with Crippen LogP contribution in [0.25, 0.3) is 11.4 Å². The van der Waals surface area contributed by atoms with E-state index < -0.39 is 40.4 Å². The molecular weight excluding hydrogens is 292 g/mol. The third-order valence-corrected chi connectivity index (χ3v) is 2.89. The van der Waals surface area contributed by atoms with Crippen molar-refractivity contribution in [1.29, 1.82) is 0 Å². The lowest BCUT2D eigenvalue weighted by atomic mass is 10.1. The smallest absolute Gasteiger partial charge is 0.417 e. The van der Waals surface area contributed by atoms with Crippen molar-refractivity contribution < 1.29 is 22.7 Å². The van der Waals surface area contributed by atoms with Crippen LogP contribution in [0.3, 0.4) is 0 Å². The molecule has 0 fully saturated rings. The van der Waals surface area contributed by atoms with Gasteiger partial charge < -0.3 is 10.1 Å². The van der Waals surface area contributed by atoms with Crippen molar-refractivity contribution in [3.63, 3.8) is 0 Å². The van der Waals surface area contributed by atoms with Crippen LogP contribution in [0.2, 0.25) is 0 Å². The largest absolute Gasteiger partial charge is 0.493 e. The van der Waals surface area contributed by atoms with Crippen LogP contribution in [0, 0.1) is 5.82 Å². The maximum absolute atomic E-state index is 13.0. The molecule has 21 heavy (non-hydrogen) atoms. The van der Waals surface area contributed by atoms with Gasteiger partial charge in [0.15, 0.2) is 0 Å². The molecule has 1 heterocycles. The van der Waals surface area contributed by atoms with Gasteiger partial charge in [0, 0.05) is 5.56 Å². The molecule has 4 nitrogen and oxygen atoms in total. The lowest BCUT2D eigenvalue weighted by molar-refractivity contribution is -0.137. The summed E-state index contributed by atoms with van der Waals surface area (Å²) >= 11 is 0. The highest BCUT2D eigenvalue weighted by Crippen LogP contribution is 2.36. The fourth-order valence-corrected chi connectivity index (χ4v) is 1.89. The molecule has 0 aliphatic carbocycles. The maximum Gasteiger partial charge on any atom is 0.417 e. The number of halogens is 4. The second-order valence-corrected chi connectivity index (χ2v) is 4.26. The molecule has 112 valence electrons. The van der Waals surface area contributed by atoms with E-state index in [-0.39, 0.29) is 12.0 Å². The highest BCUT2D eigenvalue weighted by molar-refractivity contribution is 5.61. The second kappa shape index (κ2) is 5.19. The zero-order valence-corrected chi connectivity index (χ0v) is 10.8. The third-order valence-electron chi connectivity index (χ3n) is 2.89. The zero-order chi connectivity index (χ0) is 15.8. The minimum absolute atomic E-state index is 0.0329. The molecule has 1 aromatic heterocycles. The van der Waals surface area contributed by atoms with Crippen LogP contribution in [-0.4, -0.2) is 15.1 Å². The summed E-state index contributed by atoms with van der Waals surface area (Å²) in [7, 11) is 0. The minimum Gasteiger partial charge on any atom is -0.493 e. The van der Waals surface area contributed by atoms with Crippen molar-refractivity contribution in [2.45, 2.75) is 19.5 Å². The normalized spacial score (nSPS) is 11.7. The lowest BCUT2D eigenvalue weighted by Crippen LogP contribution is -2.16. The van der Waals surface area contributed by atoms with Gasteiger partial charge in [-0.25, -0.2) is 4.39 Å². The Morgan fingerprint density at radius 2 is 2.00 bits per heavy atom. The summed E-state index contributed by atoms with van der Waals surface area (Å²) in [5, 5.41) is 9.60. The number of hydrogen-bond acceptors (Lipinski definition) is 3. The Bertz CT molecular complexity index is 738. The van der Waals surface area contributed by atoms with E-state index in [0.717, 1.165) is 12.1 Å². The average Bonchev–Trinajstić information content (AvgIpc) is 2.37. The molecule has 0 amide bonds. The Balaban J connectivity index is 2.71. The standard InChI is InChI=1S/C13H10F4N2O2/c1-2-7-11(20)18-10(19-12(7)21)8-4-3-6(14)5-9(8)13(15,16)17/h3-5H,2H2,1H3,(H2,18,19,20,21). The number of nitrogens with one attached hydrogen (secondary N) is 1. The summed E-state index contributed by atoms with van der Waals surface area (Å²) in [6, 6.07) is 1.97. The molecule has 0 atom stereocenters. The summed E-state index contributed by atoms with van der Waals surface area (Å²) < 4.78 is 51.8. The molecule has 0 aliphatic heterocycles. The van der Waals surface area contributed by atoms with Crippen LogP contribution in [-0.2, 0) is 12.6 Å². The summed E-state index contributed by atoms with van der Waals surface area (Å²) in [6.07, 6.45) is -4.65. The van der Waals surface area contributed by atoms with Gasteiger partial charge in [0.25, 0.3) is 5.56 Å². The number of nitrogens with zero attached hydrogens (tertiary/aromatic N) is 1. The number of alkyl halides is 3.